The molecule has 7 nitrogen and oxygen atoms in total. The SMILES string of the molecule is O=C(c1cc(-c2ccco2)nc2onc(-c3ccccc3)c12)N1CCN2CCC[C@@H]2C1. The van der Waals surface area contributed by atoms with Crippen molar-refractivity contribution in [1.82, 2.24) is 19.9 Å². The van der Waals surface area contributed by atoms with Crippen molar-refractivity contribution in [2.75, 3.05) is 26.2 Å². The van der Waals surface area contributed by atoms with E-state index in [1.54, 1.807) is 12.3 Å². The van der Waals surface area contributed by atoms with Crippen molar-refractivity contribution in [2.45, 2.75) is 18.9 Å². The number of aromatic nitrogens is 2. The van der Waals surface area contributed by atoms with E-state index in [0.29, 0.717) is 39.9 Å². The first kappa shape index (κ1) is 18.3. The van der Waals surface area contributed by atoms with Gasteiger partial charge in [-0.2, -0.15) is 0 Å². The van der Waals surface area contributed by atoms with Gasteiger partial charge in [-0.3, -0.25) is 9.69 Å². The predicted octanol–water partition coefficient (Wildman–Crippen LogP) is 4.07. The molecule has 0 aliphatic carbocycles. The van der Waals surface area contributed by atoms with Gasteiger partial charge in [-0.25, -0.2) is 4.98 Å². The van der Waals surface area contributed by atoms with Crippen LogP contribution in [-0.4, -0.2) is 58.1 Å². The van der Waals surface area contributed by atoms with E-state index in [0.717, 1.165) is 38.2 Å². The lowest BCUT2D eigenvalue weighted by atomic mass is 10.0. The molecule has 0 bridgehead atoms. The summed E-state index contributed by atoms with van der Waals surface area (Å²) in [5.41, 5.74) is 3.00. The van der Waals surface area contributed by atoms with Crippen LogP contribution in [0.25, 0.3) is 33.8 Å². The predicted molar refractivity (Wildman–Crippen MR) is 115 cm³/mol. The average molecular weight is 414 g/mol. The van der Waals surface area contributed by atoms with E-state index >= 15 is 0 Å². The third kappa shape index (κ3) is 3.13. The highest BCUT2D eigenvalue weighted by Crippen LogP contribution is 2.34. The maximum Gasteiger partial charge on any atom is 0.259 e. The Kier molecular flexibility index (Phi) is 4.35. The van der Waals surface area contributed by atoms with Crippen LogP contribution < -0.4 is 0 Å². The molecular weight excluding hydrogens is 392 g/mol. The van der Waals surface area contributed by atoms with Crippen molar-refractivity contribution in [3.8, 4) is 22.7 Å². The van der Waals surface area contributed by atoms with Crippen molar-refractivity contribution < 1.29 is 13.7 Å². The quantitative estimate of drug-likeness (QED) is 0.503. The van der Waals surface area contributed by atoms with Gasteiger partial charge in [0.1, 0.15) is 11.4 Å². The number of fused-ring (bicyclic) bond motifs is 2. The van der Waals surface area contributed by atoms with Gasteiger partial charge >= 0.3 is 0 Å². The summed E-state index contributed by atoms with van der Waals surface area (Å²) in [5, 5.41) is 4.94. The molecule has 0 saturated carbocycles. The van der Waals surface area contributed by atoms with Gasteiger partial charge in [-0.15, -0.1) is 0 Å². The highest BCUT2D eigenvalue weighted by atomic mass is 16.5. The first-order chi connectivity index (χ1) is 15.3. The molecule has 1 aromatic carbocycles. The van der Waals surface area contributed by atoms with E-state index in [4.69, 9.17) is 8.94 Å². The number of hydrogen-bond donors (Lipinski definition) is 0. The fourth-order valence-electron chi connectivity index (χ4n) is 4.81. The molecule has 2 fully saturated rings. The minimum absolute atomic E-state index is 0.00728. The van der Waals surface area contributed by atoms with Crippen LogP contribution in [0.1, 0.15) is 23.2 Å². The summed E-state index contributed by atoms with van der Waals surface area (Å²) in [6, 6.07) is 15.7. The summed E-state index contributed by atoms with van der Waals surface area (Å²) in [5.74, 6) is 0.585. The fraction of sp³-hybridized carbons (Fsp3) is 0.292. The zero-order valence-electron chi connectivity index (χ0n) is 17.0. The molecule has 3 aromatic heterocycles. The minimum atomic E-state index is -0.00728. The molecule has 2 aliphatic rings. The van der Waals surface area contributed by atoms with Gasteiger partial charge in [0.05, 0.1) is 17.2 Å². The molecule has 0 spiro atoms. The Bertz CT molecular complexity index is 1230. The Morgan fingerprint density at radius 1 is 1.06 bits per heavy atom. The molecule has 6 rings (SSSR count). The molecule has 0 unspecified atom stereocenters. The van der Waals surface area contributed by atoms with Crippen LogP contribution in [0.5, 0.6) is 0 Å². The lowest BCUT2D eigenvalue weighted by molar-refractivity contribution is 0.0573. The second-order valence-corrected chi connectivity index (χ2v) is 8.19. The molecule has 1 atom stereocenters. The van der Waals surface area contributed by atoms with Gasteiger partial charge in [-0.05, 0) is 37.6 Å². The van der Waals surface area contributed by atoms with Crippen LogP contribution in [0.3, 0.4) is 0 Å². The number of nitrogens with zero attached hydrogens (tertiary/aromatic N) is 4. The number of rotatable bonds is 3. The monoisotopic (exact) mass is 414 g/mol. The van der Waals surface area contributed by atoms with Crippen LogP contribution in [0.2, 0.25) is 0 Å². The van der Waals surface area contributed by atoms with Crippen LogP contribution in [0, 0.1) is 0 Å². The van der Waals surface area contributed by atoms with Gasteiger partial charge in [0.15, 0.2) is 5.76 Å². The molecule has 1 amide bonds. The number of furan rings is 1. The van der Waals surface area contributed by atoms with Crippen LogP contribution in [0.4, 0.5) is 0 Å². The molecule has 156 valence electrons. The Labute approximate surface area is 179 Å². The van der Waals surface area contributed by atoms with Gasteiger partial charge in [0.2, 0.25) is 0 Å². The van der Waals surface area contributed by atoms with Gasteiger partial charge < -0.3 is 13.8 Å². The second kappa shape index (κ2) is 7.35. The van der Waals surface area contributed by atoms with Gasteiger partial charge in [0, 0.05) is 31.2 Å². The number of amides is 1. The second-order valence-electron chi connectivity index (χ2n) is 8.19. The maximum atomic E-state index is 13.8. The van der Waals surface area contributed by atoms with Crippen LogP contribution in [0.15, 0.2) is 63.7 Å². The van der Waals surface area contributed by atoms with E-state index < -0.39 is 0 Å². The molecule has 2 saturated heterocycles. The molecule has 4 aromatic rings. The Morgan fingerprint density at radius 3 is 2.81 bits per heavy atom. The van der Waals surface area contributed by atoms with Crippen LogP contribution in [-0.2, 0) is 0 Å². The van der Waals surface area contributed by atoms with E-state index in [1.165, 1.54) is 6.42 Å². The standard InChI is InChI=1S/C24H22N4O3/c29-24(28-12-11-27-10-4-8-17(27)15-28)18-14-19(20-9-5-13-30-20)25-23-21(18)22(26-31-23)16-6-2-1-3-7-16/h1-3,5-7,9,13-14,17H,4,8,10-12,15H2/t17-/m1/s1. The molecule has 5 heterocycles. The van der Waals surface area contributed by atoms with Crippen molar-refractivity contribution in [3.05, 3.63) is 60.4 Å². The largest absolute Gasteiger partial charge is 0.463 e. The Morgan fingerprint density at radius 2 is 1.97 bits per heavy atom. The van der Waals surface area contributed by atoms with Crippen molar-refractivity contribution in [3.63, 3.8) is 0 Å². The van der Waals surface area contributed by atoms with Crippen molar-refractivity contribution >= 4 is 17.0 Å². The summed E-state index contributed by atoms with van der Waals surface area (Å²) in [7, 11) is 0. The molecule has 0 N–H and O–H groups in total. The number of benzene rings is 1. The first-order valence-electron chi connectivity index (χ1n) is 10.7. The molecule has 7 heteroatoms. The number of carbonyl (C=O) groups excluding carboxylic acids is 1. The van der Waals surface area contributed by atoms with Gasteiger partial charge in [0.25, 0.3) is 11.6 Å². The molecule has 2 aliphatic heterocycles. The van der Waals surface area contributed by atoms with Gasteiger partial charge in [-0.1, -0.05) is 35.5 Å². The Balaban J connectivity index is 1.48. The topological polar surface area (TPSA) is 75.6 Å². The molecule has 0 radical (unpaired) electrons. The average Bonchev–Trinajstić information content (AvgIpc) is 3.58. The third-order valence-corrected chi connectivity index (χ3v) is 6.37. The lowest BCUT2D eigenvalue weighted by Gasteiger charge is -2.37. The first-order valence-corrected chi connectivity index (χ1v) is 10.7. The Hall–Kier alpha value is -3.45. The van der Waals surface area contributed by atoms with E-state index in [1.807, 2.05) is 47.4 Å². The zero-order valence-corrected chi connectivity index (χ0v) is 17.0. The summed E-state index contributed by atoms with van der Waals surface area (Å²) in [6.45, 7) is 3.54. The summed E-state index contributed by atoms with van der Waals surface area (Å²) < 4.78 is 11.1. The molecule has 31 heavy (non-hydrogen) atoms. The van der Waals surface area contributed by atoms with E-state index in [-0.39, 0.29) is 5.91 Å². The van der Waals surface area contributed by atoms with E-state index in [9.17, 15) is 4.79 Å². The zero-order chi connectivity index (χ0) is 20.8. The van der Waals surface area contributed by atoms with Crippen LogP contribution >= 0.6 is 0 Å². The summed E-state index contributed by atoms with van der Waals surface area (Å²) in [4.78, 5) is 22.9. The highest BCUT2D eigenvalue weighted by Gasteiger charge is 2.34. The minimum Gasteiger partial charge on any atom is -0.463 e. The maximum absolute atomic E-state index is 13.8. The van der Waals surface area contributed by atoms with Crippen molar-refractivity contribution in [2.24, 2.45) is 0 Å². The lowest BCUT2D eigenvalue weighted by Crippen LogP contribution is -2.52. The number of hydrogen-bond acceptors (Lipinski definition) is 6. The highest BCUT2D eigenvalue weighted by molar-refractivity contribution is 6.10. The van der Waals surface area contributed by atoms with Crippen molar-refractivity contribution in [1.29, 1.82) is 0 Å². The number of carbonyl (C=O) groups is 1. The fourth-order valence-corrected chi connectivity index (χ4v) is 4.81. The number of pyridine rings is 1. The normalized spacial score (nSPS) is 19.1. The summed E-state index contributed by atoms with van der Waals surface area (Å²) >= 11 is 0. The smallest absolute Gasteiger partial charge is 0.259 e. The summed E-state index contributed by atoms with van der Waals surface area (Å²) in [6.07, 6.45) is 3.95. The number of piperazine rings is 1. The molecular formula is C24H22N4O3. The third-order valence-electron chi connectivity index (χ3n) is 6.37. The van der Waals surface area contributed by atoms with E-state index in [2.05, 4.69) is 15.0 Å².